The van der Waals surface area contributed by atoms with Crippen molar-refractivity contribution in [3.63, 3.8) is 0 Å². The van der Waals surface area contributed by atoms with Crippen molar-refractivity contribution in [2.45, 2.75) is 6.04 Å². The number of benzene rings is 2. The highest BCUT2D eigenvalue weighted by atomic mass is 79.9. The van der Waals surface area contributed by atoms with Gasteiger partial charge >= 0.3 is 0 Å². The summed E-state index contributed by atoms with van der Waals surface area (Å²) in [5, 5.41) is 5.80. The van der Waals surface area contributed by atoms with Crippen molar-refractivity contribution in [2.75, 3.05) is 7.05 Å². The van der Waals surface area contributed by atoms with Crippen LogP contribution in [-0.2, 0) is 0 Å². The van der Waals surface area contributed by atoms with E-state index in [1.165, 1.54) is 21.9 Å². The Kier molecular flexibility index (Phi) is 3.81. The average molecular weight is 327 g/mol. The number of aromatic nitrogens is 1. The Morgan fingerprint density at radius 1 is 1.00 bits per heavy atom. The summed E-state index contributed by atoms with van der Waals surface area (Å²) in [5.41, 5.74) is 2.43. The van der Waals surface area contributed by atoms with Gasteiger partial charge in [0.1, 0.15) is 0 Å². The van der Waals surface area contributed by atoms with Gasteiger partial charge in [-0.05, 0) is 35.7 Å². The van der Waals surface area contributed by atoms with Crippen molar-refractivity contribution < 1.29 is 0 Å². The van der Waals surface area contributed by atoms with Crippen LogP contribution in [0.3, 0.4) is 0 Å². The van der Waals surface area contributed by atoms with E-state index < -0.39 is 0 Å². The molecule has 1 heterocycles. The summed E-state index contributed by atoms with van der Waals surface area (Å²) in [6, 6.07) is 16.9. The van der Waals surface area contributed by atoms with Crippen LogP contribution in [0.5, 0.6) is 0 Å². The molecule has 1 atom stereocenters. The summed E-state index contributed by atoms with van der Waals surface area (Å²) in [4.78, 5) is 4.38. The normalized spacial score (nSPS) is 12.5. The fraction of sp³-hybridized carbons (Fsp3) is 0.118. The van der Waals surface area contributed by atoms with Crippen LogP contribution >= 0.6 is 15.9 Å². The van der Waals surface area contributed by atoms with Gasteiger partial charge in [0.2, 0.25) is 0 Å². The van der Waals surface area contributed by atoms with E-state index in [2.05, 4.69) is 68.7 Å². The molecule has 0 bridgehead atoms. The fourth-order valence-electron chi connectivity index (χ4n) is 2.53. The standard InChI is InChI=1S/C17H15BrN2/c1-19-17(12-6-8-14(18)9-7-12)16-11-20-10-13-4-2-3-5-15(13)16/h2-11,17,19H,1H3. The molecule has 0 saturated heterocycles. The Morgan fingerprint density at radius 2 is 1.75 bits per heavy atom. The zero-order valence-electron chi connectivity index (χ0n) is 11.2. The summed E-state index contributed by atoms with van der Waals surface area (Å²) < 4.78 is 1.09. The lowest BCUT2D eigenvalue weighted by Gasteiger charge is -2.19. The van der Waals surface area contributed by atoms with Gasteiger partial charge in [0.05, 0.1) is 6.04 Å². The van der Waals surface area contributed by atoms with Gasteiger partial charge in [-0.2, -0.15) is 0 Å². The largest absolute Gasteiger partial charge is 0.309 e. The minimum absolute atomic E-state index is 0.140. The number of nitrogens with zero attached hydrogens (tertiary/aromatic N) is 1. The van der Waals surface area contributed by atoms with Crippen molar-refractivity contribution in [3.05, 3.63) is 76.5 Å². The number of hydrogen-bond donors (Lipinski definition) is 1. The van der Waals surface area contributed by atoms with Gasteiger partial charge in [0, 0.05) is 22.3 Å². The third-order valence-electron chi connectivity index (χ3n) is 3.50. The second-order valence-electron chi connectivity index (χ2n) is 4.72. The molecule has 0 fully saturated rings. The maximum atomic E-state index is 4.38. The molecule has 2 aromatic carbocycles. The first kappa shape index (κ1) is 13.3. The number of hydrogen-bond acceptors (Lipinski definition) is 2. The highest BCUT2D eigenvalue weighted by Gasteiger charge is 2.14. The average Bonchev–Trinajstić information content (AvgIpc) is 2.50. The molecular weight excluding hydrogens is 312 g/mol. The van der Waals surface area contributed by atoms with Gasteiger partial charge in [-0.15, -0.1) is 0 Å². The summed E-state index contributed by atoms with van der Waals surface area (Å²) in [6.45, 7) is 0. The van der Waals surface area contributed by atoms with E-state index in [1.807, 2.05) is 25.5 Å². The van der Waals surface area contributed by atoms with Crippen molar-refractivity contribution in [1.29, 1.82) is 0 Å². The lowest BCUT2D eigenvalue weighted by Crippen LogP contribution is -2.18. The molecule has 0 aliphatic heterocycles. The minimum atomic E-state index is 0.140. The summed E-state index contributed by atoms with van der Waals surface area (Å²) in [6.07, 6.45) is 3.86. The number of halogens is 1. The van der Waals surface area contributed by atoms with Crippen molar-refractivity contribution in [3.8, 4) is 0 Å². The van der Waals surface area contributed by atoms with Crippen LogP contribution in [-0.4, -0.2) is 12.0 Å². The van der Waals surface area contributed by atoms with Gasteiger partial charge in [0.25, 0.3) is 0 Å². The monoisotopic (exact) mass is 326 g/mol. The van der Waals surface area contributed by atoms with E-state index in [1.54, 1.807) is 0 Å². The second kappa shape index (κ2) is 5.73. The molecule has 3 aromatic rings. The number of nitrogens with one attached hydrogen (secondary N) is 1. The molecule has 100 valence electrons. The SMILES string of the molecule is CNC(c1ccc(Br)cc1)c1cncc2ccccc12. The van der Waals surface area contributed by atoms with E-state index in [0.717, 1.165) is 4.47 Å². The molecule has 3 rings (SSSR count). The number of fused-ring (bicyclic) bond motifs is 1. The molecule has 20 heavy (non-hydrogen) atoms. The van der Waals surface area contributed by atoms with Crippen LogP contribution in [0.25, 0.3) is 10.8 Å². The number of rotatable bonds is 3. The first-order valence-corrected chi connectivity index (χ1v) is 7.34. The van der Waals surface area contributed by atoms with E-state index in [-0.39, 0.29) is 6.04 Å². The van der Waals surface area contributed by atoms with Crippen LogP contribution in [0, 0.1) is 0 Å². The molecule has 1 N–H and O–H groups in total. The molecule has 0 saturated carbocycles. The predicted molar refractivity (Wildman–Crippen MR) is 86.8 cm³/mol. The van der Waals surface area contributed by atoms with Crippen LogP contribution < -0.4 is 5.32 Å². The van der Waals surface area contributed by atoms with Crippen molar-refractivity contribution >= 4 is 26.7 Å². The second-order valence-corrected chi connectivity index (χ2v) is 5.64. The molecule has 2 nitrogen and oxygen atoms in total. The van der Waals surface area contributed by atoms with Gasteiger partial charge < -0.3 is 5.32 Å². The number of pyridine rings is 1. The summed E-state index contributed by atoms with van der Waals surface area (Å²) in [5.74, 6) is 0. The van der Waals surface area contributed by atoms with Gasteiger partial charge in [-0.25, -0.2) is 0 Å². The highest BCUT2D eigenvalue weighted by molar-refractivity contribution is 9.10. The molecule has 1 aromatic heterocycles. The van der Waals surface area contributed by atoms with E-state index in [0.29, 0.717) is 0 Å². The van der Waals surface area contributed by atoms with E-state index in [4.69, 9.17) is 0 Å². The van der Waals surface area contributed by atoms with Crippen molar-refractivity contribution in [2.24, 2.45) is 0 Å². The zero-order valence-corrected chi connectivity index (χ0v) is 12.8. The van der Waals surface area contributed by atoms with Crippen LogP contribution in [0.2, 0.25) is 0 Å². The quantitative estimate of drug-likeness (QED) is 0.775. The Bertz CT molecular complexity index is 717. The van der Waals surface area contributed by atoms with Gasteiger partial charge in [-0.1, -0.05) is 52.3 Å². The third kappa shape index (κ3) is 2.47. The molecule has 0 spiro atoms. The Balaban J connectivity index is 2.14. The van der Waals surface area contributed by atoms with Crippen LogP contribution in [0.4, 0.5) is 0 Å². The van der Waals surface area contributed by atoms with E-state index >= 15 is 0 Å². The topological polar surface area (TPSA) is 24.9 Å². The Morgan fingerprint density at radius 3 is 2.50 bits per heavy atom. The summed E-state index contributed by atoms with van der Waals surface area (Å²) in [7, 11) is 1.98. The fourth-order valence-corrected chi connectivity index (χ4v) is 2.79. The highest BCUT2D eigenvalue weighted by Crippen LogP contribution is 2.28. The molecule has 3 heteroatoms. The minimum Gasteiger partial charge on any atom is -0.309 e. The Hall–Kier alpha value is -1.71. The maximum Gasteiger partial charge on any atom is 0.0595 e. The molecular formula is C17H15BrN2. The maximum absolute atomic E-state index is 4.38. The van der Waals surface area contributed by atoms with Gasteiger partial charge in [-0.3, -0.25) is 4.98 Å². The smallest absolute Gasteiger partial charge is 0.0595 e. The third-order valence-corrected chi connectivity index (χ3v) is 4.03. The summed E-state index contributed by atoms with van der Waals surface area (Å²) >= 11 is 3.48. The first-order chi connectivity index (χ1) is 9.79. The Labute approximate surface area is 127 Å². The van der Waals surface area contributed by atoms with Gasteiger partial charge in [0.15, 0.2) is 0 Å². The first-order valence-electron chi connectivity index (χ1n) is 6.55. The molecule has 0 aliphatic carbocycles. The lowest BCUT2D eigenvalue weighted by atomic mass is 9.96. The van der Waals surface area contributed by atoms with Crippen LogP contribution in [0.15, 0.2) is 65.4 Å². The molecule has 0 aliphatic rings. The lowest BCUT2D eigenvalue weighted by molar-refractivity contribution is 0.694. The molecule has 1 unspecified atom stereocenters. The molecule has 0 radical (unpaired) electrons. The predicted octanol–water partition coefficient (Wildman–Crippen LogP) is 4.31. The van der Waals surface area contributed by atoms with Crippen molar-refractivity contribution in [1.82, 2.24) is 10.3 Å². The van der Waals surface area contributed by atoms with Crippen LogP contribution in [0.1, 0.15) is 17.2 Å². The zero-order chi connectivity index (χ0) is 13.9. The van der Waals surface area contributed by atoms with E-state index in [9.17, 15) is 0 Å². The molecule has 0 amide bonds.